The molecule has 2 bridgehead atoms. The summed E-state index contributed by atoms with van der Waals surface area (Å²) in [4.78, 5) is 29.3. The molecule has 0 aliphatic carbocycles. The summed E-state index contributed by atoms with van der Waals surface area (Å²) < 4.78 is 6.91. The highest BCUT2D eigenvalue weighted by molar-refractivity contribution is 6.05. The van der Waals surface area contributed by atoms with E-state index < -0.39 is 6.09 Å². The molecule has 2 N–H and O–H groups in total. The maximum absolute atomic E-state index is 13.7. The third-order valence-corrected chi connectivity index (χ3v) is 6.23. The highest BCUT2D eigenvalue weighted by Crippen LogP contribution is 2.28. The van der Waals surface area contributed by atoms with Crippen LogP contribution in [-0.2, 0) is 6.54 Å². The molecule has 3 fully saturated rings. The summed E-state index contributed by atoms with van der Waals surface area (Å²) in [6.07, 6.45) is 1.09. The standard InChI is InChI=1S/C23H25N5O3/c24-23(30)31-18-6-7-20-19(14-18)21(25-28(20)15-16-4-2-1-3-5-16)22(29)27-13-12-26-10-8-17(27)9-11-26/h1-7,14,17H,8-13,15H2,(H2,24,30). The van der Waals surface area contributed by atoms with E-state index in [0.29, 0.717) is 29.9 Å². The molecule has 3 saturated heterocycles. The summed E-state index contributed by atoms with van der Waals surface area (Å²) in [6.45, 7) is 4.20. The van der Waals surface area contributed by atoms with Crippen LogP contribution in [-0.4, -0.2) is 63.8 Å². The molecule has 8 nitrogen and oxygen atoms in total. The fourth-order valence-corrected chi connectivity index (χ4v) is 4.66. The minimum Gasteiger partial charge on any atom is -0.410 e. The molecule has 6 rings (SSSR count). The van der Waals surface area contributed by atoms with Crippen LogP contribution in [0.3, 0.4) is 0 Å². The molecule has 3 aliphatic heterocycles. The lowest BCUT2D eigenvalue weighted by Gasteiger charge is -2.31. The van der Waals surface area contributed by atoms with Crippen LogP contribution in [0.15, 0.2) is 48.5 Å². The number of carbonyl (C=O) groups is 2. The van der Waals surface area contributed by atoms with Crippen LogP contribution >= 0.6 is 0 Å². The lowest BCUT2D eigenvalue weighted by molar-refractivity contribution is 0.0680. The number of ether oxygens (including phenoxy) is 1. The van der Waals surface area contributed by atoms with Gasteiger partial charge in [-0.05, 0) is 36.6 Å². The Kier molecular flexibility index (Phi) is 5.07. The summed E-state index contributed by atoms with van der Waals surface area (Å²) in [5, 5.41) is 5.40. The average molecular weight is 419 g/mol. The van der Waals surface area contributed by atoms with Crippen molar-refractivity contribution in [2.24, 2.45) is 5.73 Å². The first-order valence-corrected chi connectivity index (χ1v) is 10.6. The second kappa shape index (κ2) is 8.03. The van der Waals surface area contributed by atoms with Crippen molar-refractivity contribution in [3.05, 3.63) is 59.8 Å². The van der Waals surface area contributed by atoms with Gasteiger partial charge in [0.05, 0.1) is 12.1 Å². The maximum atomic E-state index is 13.7. The van der Waals surface area contributed by atoms with Crippen LogP contribution in [0.2, 0.25) is 0 Å². The van der Waals surface area contributed by atoms with Gasteiger partial charge in [-0.1, -0.05) is 30.3 Å². The number of nitrogens with zero attached hydrogens (tertiary/aromatic N) is 4. The molecule has 160 valence electrons. The van der Waals surface area contributed by atoms with Crippen molar-refractivity contribution in [2.45, 2.75) is 25.4 Å². The molecular formula is C23H25N5O3. The number of primary amides is 1. The van der Waals surface area contributed by atoms with E-state index in [4.69, 9.17) is 15.6 Å². The Balaban J connectivity index is 1.56. The van der Waals surface area contributed by atoms with E-state index in [9.17, 15) is 9.59 Å². The molecule has 0 radical (unpaired) electrons. The molecule has 2 amide bonds. The Labute approximate surface area is 180 Å². The van der Waals surface area contributed by atoms with Crippen LogP contribution in [0.25, 0.3) is 10.9 Å². The zero-order chi connectivity index (χ0) is 21.4. The molecular weight excluding hydrogens is 394 g/mol. The van der Waals surface area contributed by atoms with Crippen LogP contribution in [0.4, 0.5) is 4.79 Å². The second-order valence-electron chi connectivity index (χ2n) is 8.16. The van der Waals surface area contributed by atoms with Gasteiger partial charge < -0.3 is 20.3 Å². The Bertz CT molecular complexity index is 1120. The van der Waals surface area contributed by atoms with Crippen molar-refractivity contribution in [3.63, 3.8) is 0 Å². The highest BCUT2D eigenvalue weighted by Gasteiger charge is 2.34. The number of amides is 2. The molecule has 4 heterocycles. The molecule has 31 heavy (non-hydrogen) atoms. The topological polar surface area (TPSA) is 93.7 Å². The van der Waals surface area contributed by atoms with Crippen molar-refractivity contribution < 1.29 is 14.3 Å². The van der Waals surface area contributed by atoms with E-state index in [1.165, 1.54) is 0 Å². The van der Waals surface area contributed by atoms with Crippen molar-refractivity contribution in [1.29, 1.82) is 0 Å². The summed E-state index contributed by atoms with van der Waals surface area (Å²) in [6, 6.07) is 15.4. The summed E-state index contributed by atoms with van der Waals surface area (Å²) in [5.41, 5.74) is 7.48. The van der Waals surface area contributed by atoms with Crippen LogP contribution in [0.5, 0.6) is 5.75 Å². The van der Waals surface area contributed by atoms with Gasteiger partial charge in [-0.2, -0.15) is 5.10 Å². The van der Waals surface area contributed by atoms with E-state index in [1.54, 1.807) is 12.1 Å². The van der Waals surface area contributed by atoms with Gasteiger partial charge in [-0.15, -0.1) is 0 Å². The van der Waals surface area contributed by atoms with E-state index in [2.05, 4.69) is 4.90 Å². The van der Waals surface area contributed by atoms with E-state index in [1.807, 2.05) is 46.0 Å². The number of hydrogen-bond donors (Lipinski definition) is 1. The molecule has 0 spiro atoms. The Morgan fingerprint density at radius 2 is 1.81 bits per heavy atom. The normalized spacial score (nSPS) is 20.6. The number of carbonyl (C=O) groups excluding carboxylic acids is 2. The maximum Gasteiger partial charge on any atom is 0.409 e. The third kappa shape index (κ3) is 3.86. The summed E-state index contributed by atoms with van der Waals surface area (Å²) in [7, 11) is 0. The van der Waals surface area contributed by atoms with Gasteiger partial charge in [0.15, 0.2) is 5.69 Å². The fourth-order valence-electron chi connectivity index (χ4n) is 4.66. The number of hydrogen-bond acceptors (Lipinski definition) is 5. The molecule has 8 heteroatoms. The fraction of sp³-hybridized carbons (Fsp3) is 0.348. The number of rotatable bonds is 4. The van der Waals surface area contributed by atoms with Crippen molar-refractivity contribution in [2.75, 3.05) is 26.2 Å². The first kappa shape index (κ1) is 19.6. The SMILES string of the molecule is NC(=O)Oc1ccc2c(c1)c(C(=O)N1CCN3CCC1CC3)nn2Cc1ccccc1. The molecule has 2 aromatic carbocycles. The molecule has 0 unspecified atom stereocenters. The number of fused-ring (bicyclic) bond motifs is 5. The zero-order valence-corrected chi connectivity index (χ0v) is 17.2. The van der Waals surface area contributed by atoms with Gasteiger partial charge in [0, 0.05) is 37.6 Å². The number of benzene rings is 2. The molecule has 3 aromatic rings. The summed E-state index contributed by atoms with van der Waals surface area (Å²) >= 11 is 0. The van der Waals surface area contributed by atoms with Crippen LogP contribution < -0.4 is 10.5 Å². The largest absolute Gasteiger partial charge is 0.410 e. The van der Waals surface area contributed by atoms with Crippen molar-refractivity contribution >= 4 is 22.9 Å². The predicted molar refractivity (Wildman–Crippen MR) is 116 cm³/mol. The van der Waals surface area contributed by atoms with Gasteiger partial charge in [-0.3, -0.25) is 9.48 Å². The van der Waals surface area contributed by atoms with Gasteiger partial charge in [0.2, 0.25) is 0 Å². The van der Waals surface area contributed by atoms with Gasteiger partial charge in [0.25, 0.3) is 5.91 Å². The highest BCUT2D eigenvalue weighted by atomic mass is 16.5. The lowest BCUT2D eigenvalue weighted by Crippen LogP contribution is -2.41. The Hall–Kier alpha value is -3.39. The summed E-state index contributed by atoms with van der Waals surface area (Å²) in [5.74, 6) is 0.234. The lowest BCUT2D eigenvalue weighted by atomic mass is 10.0. The van der Waals surface area contributed by atoms with Crippen LogP contribution in [0, 0.1) is 0 Å². The monoisotopic (exact) mass is 419 g/mol. The van der Waals surface area contributed by atoms with E-state index in [0.717, 1.165) is 43.6 Å². The van der Waals surface area contributed by atoms with E-state index >= 15 is 0 Å². The first-order chi connectivity index (χ1) is 15.1. The molecule has 1 aromatic heterocycles. The number of aromatic nitrogens is 2. The van der Waals surface area contributed by atoms with E-state index in [-0.39, 0.29) is 11.9 Å². The zero-order valence-electron chi connectivity index (χ0n) is 17.2. The number of nitrogens with two attached hydrogens (primary N) is 1. The second-order valence-corrected chi connectivity index (χ2v) is 8.16. The third-order valence-electron chi connectivity index (χ3n) is 6.23. The number of piperidine rings is 1. The minimum absolute atomic E-state index is 0.0678. The Morgan fingerprint density at radius 3 is 2.55 bits per heavy atom. The van der Waals surface area contributed by atoms with Crippen molar-refractivity contribution in [1.82, 2.24) is 19.6 Å². The molecule has 3 aliphatic rings. The van der Waals surface area contributed by atoms with Gasteiger partial charge in [-0.25, -0.2) is 4.79 Å². The van der Waals surface area contributed by atoms with Gasteiger partial charge in [0.1, 0.15) is 5.75 Å². The quantitative estimate of drug-likeness (QED) is 0.701. The molecule has 0 atom stereocenters. The first-order valence-electron chi connectivity index (χ1n) is 10.6. The smallest absolute Gasteiger partial charge is 0.409 e. The van der Waals surface area contributed by atoms with Crippen LogP contribution in [0.1, 0.15) is 28.9 Å². The minimum atomic E-state index is -0.887. The van der Waals surface area contributed by atoms with Gasteiger partial charge >= 0.3 is 6.09 Å². The Morgan fingerprint density at radius 1 is 1.03 bits per heavy atom. The van der Waals surface area contributed by atoms with Crippen molar-refractivity contribution in [3.8, 4) is 5.75 Å². The average Bonchev–Trinajstić information content (AvgIpc) is 2.91. The predicted octanol–water partition coefficient (Wildman–Crippen LogP) is 2.46. The molecule has 0 saturated carbocycles.